The van der Waals surface area contributed by atoms with Crippen LogP contribution in [0, 0.1) is 0 Å². The van der Waals surface area contributed by atoms with E-state index in [1.54, 1.807) is 55.7 Å². The van der Waals surface area contributed by atoms with Crippen LogP contribution in [0.1, 0.15) is 61.5 Å². The Hall–Kier alpha value is -4.19. The zero-order valence-corrected chi connectivity index (χ0v) is 20.2. The number of piperidine rings is 1. The summed E-state index contributed by atoms with van der Waals surface area (Å²) >= 11 is 0. The highest BCUT2D eigenvalue weighted by Crippen LogP contribution is 2.32. The predicted molar refractivity (Wildman–Crippen MR) is 137 cm³/mol. The van der Waals surface area contributed by atoms with E-state index >= 15 is 0 Å². The molecule has 1 aliphatic carbocycles. The largest absolute Gasteiger partial charge is 0.493 e. The molecule has 6 heteroatoms. The monoisotopic (exact) mass is 481 g/mol. The second kappa shape index (κ2) is 10.2. The van der Waals surface area contributed by atoms with E-state index < -0.39 is 0 Å². The summed E-state index contributed by atoms with van der Waals surface area (Å²) in [6, 6.07) is 19.6. The molecule has 3 aromatic carbocycles. The summed E-state index contributed by atoms with van der Waals surface area (Å²) in [5.74, 6) is 0.585. The minimum Gasteiger partial charge on any atom is -0.493 e. The van der Waals surface area contributed by atoms with E-state index in [0.717, 1.165) is 31.5 Å². The number of ether oxygens (including phenoxy) is 2. The minimum atomic E-state index is -0.267. The van der Waals surface area contributed by atoms with E-state index in [-0.39, 0.29) is 23.0 Å². The molecule has 0 atom stereocenters. The normalized spacial score (nSPS) is 15.0. The van der Waals surface area contributed by atoms with Gasteiger partial charge in [0.05, 0.1) is 12.7 Å². The van der Waals surface area contributed by atoms with Gasteiger partial charge in [-0.15, -0.1) is 0 Å². The van der Waals surface area contributed by atoms with Crippen LogP contribution >= 0.6 is 0 Å². The standard InChI is InChI=1S/C30H27NO5/c1-35-27-18-21(17-25-28(32)23-7-3-4-8-24(23)29(25)33)11-14-26(27)36-19-20-9-12-22(13-10-20)30(34)31-15-5-2-6-16-31/h3-4,7-14,17-18H,2,5-6,15-16,19H2,1H3. The average Bonchev–Trinajstić information content (AvgIpc) is 3.17. The lowest BCUT2D eigenvalue weighted by molar-refractivity contribution is 0.0724. The number of benzene rings is 3. The summed E-state index contributed by atoms with van der Waals surface area (Å²) in [6.45, 7) is 1.96. The van der Waals surface area contributed by atoms with Crippen LogP contribution in [0.5, 0.6) is 11.5 Å². The lowest BCUT2D eigenvalue weighted by Gasteiger charge is -2.26. The van der Waals surface area contributed by atoms with Crippen LogP contribution in [-0.2, 0) is 6.61 Å². The van der Waals surface area contributed by atoms with Crippen LogP contribution in [-0.4, -0.2) is 42.6 Å². The van der Waals surface area contributed by atoms with E-state index in [1.807, 2.05) is 29.2 Å². The third-order valence-corrected chi connectivity index (χ3v) is 6.64. The number of methoxy groups -OCH3 is 1. The SMILES string of the molecule is COc1cc(C=C2C(=O)c3ccccc3C2=O)ccc1OCc1ccc(C(=O)N2CCCCC2)cc1. The van der Waals surface area contributed by atoms with Crippen LogP contribution in [0.15, 0.2) is 72.3 Å². The molecule has 0 bridgehead atoms. The van der Waals surface area contributed by atoms with Gasteiger partial charge in [-0.05, 0) is 60.7 Å². The van der Waals surface area contributed by atoms with Crippen LogP contribution < -0.4 is 9.47 Å². The Balaban J connectivity index is 1.27. The Labute approximate surface area is 210 Å². The second-order valence-corrected chi connectivity index (χ2v) is 9.01. The van der Waals surface area contributed by atoms with Crippen LogP contribution in [0.2, 0.25) is 0 Å². The van der Waals surface area contributed by atoms with Gasteiger partial charge in [-0.1, -0.05) is 42.5 Å². The Morgan fingerprint density at radius 2 is 1.53 bits per heavy atom. The highest BCUT2D eigenvalue weighted by atomic mass is 16.5. The number of nitrogens with zero attached hydrogens (tertiary/aromatic N) is 1. The minimum absolute atomic E-state index is 0.0795. The molecule has 0 saturated carbocycles. The highest BCUT2D eigenvalue weighted by Gasteiger charge is 2.32. The van der Waals surface area contributed by atoms with Crippen molar-refractivity contribution < 1.29 is 23.9 Å². The zero-order chi connectivity index (χ0) is 25.1. The van der Waals surface area contributed by atoms with Gasteiger partial charge >= 0.3 is 0 Å². The predicted octanol–water partition coefficient (Wildman–Crippen LogP) is 5.36. The third kappa shape index (κ3) is 4.67. The molecule has 0 N–H and O–H groups in total. The number of amides is 1. The molecular formula is C30H27NO5. The fourth-order valence-corrected chi connectivity index (χ4v) is 4.65. The molecule has 0 radical (unpaired) electrons. The van der Waals surface area contributed by atoms with Crippen molar-refractivity contribution in [1.82, 2.24) is 4.90 Å². The van der Waals surface area contributed by atoms with Gasteiger partial charge in [0.2, 0.25) is 0 Å². The smallest absolute Gasteiger partial charge is 0.253 e. The van der Waals surface area contributed by atoms with E-state index in [1.165, 1.54) is 6.42 Å². The van der Waals surface area contributed by atoms with Crippen molar-refractivity contribution in [3.05, 3.63) is 100 Å². The molecule has 36 heavy (non-hydrogen) atoms. The third-order valence-electron chi connectivity index (χ3n) is 6.64. The fourth-order valence-electron chi connectivity index (χ4n) is 4.65. The first kappa shape index (κ1) is 23.5. The lowest BCUT2D eigenvalue weighted by Crippen LogP contribution is -2.35. The lowest BCUT2D eigenvalue weighted by atomic mass is 10.1. The van der Waals surface area contributed by atoms with Crippen LogP contribution in [0.3, 0.4) is 0 Å². The molecule has 3 aromatic rings. The number of Topliss-reactive ketones (excluding diaryl/α,β-unsaturated/α-hetero) is 2. The zero-order valence-electron chi connectivity index (χ0n) is 20.2. The van der Waals surface area contributed by atoms with E-state index in [0.29, 0.717) is 40.4 Å². The fraction of sp³-hybridized carbons (Fsp3) is 0.233. The number of hydrogen-bond donors (Lipinski definition) is 0. The number of ketones is 2. The van der Waals surface area contributed by atoms with Crippen molar-refractivity contribution in [3.8, 4) is 11.5 Å². The van der Waals surface area contributed by atoms with Crippen molar-refractivity contribution in [2.75, 3.05) is 20.2 Å². The van der Waals surface area contributed by atoms with Gasteiger partial charge in [0.25, 0.3) is 5.91 Å². The quantitative estimate of drug-likeness (QED) is 0.350. The molecule has 6 nitrogen and oxygen atoms in total. The van der Waals surface area contributed by atoms with Crippen molar-refractivity contribution in [2.24, 2.45) is 0 Å². The number of carbonyl (C=O) groups is 3. The number of rotatable bonds is 6. The average molecular weight is 482 g/mol. The van der Waals surface area contributed by atoms with Gasteiger partial charge in [0.1, 0.15) is 6.61 Å². The van der Waals surface area contributed by atoms with E-state index in [4.69, 9.17) is 9.47 Å². The maximum atomic E-state index is 12.7. The molecule has 1 fully saturated rings. The van der Waals surface area contributed by atoms with Gasteiger partial charge in [-0.2, -0.15) is 0 Å². The maximum absolute atomic E-state index is 12.7. The Kier molecular flexibility index (Phi) is 6.67. The van der Waals surface area contributed by atoms with Gasteiger partial charge in [-0.25, -0.2) is 0 Å². The molecule has 2 aliphatic rings. The van der Waals surface area contributed by atoms with Gasteiger partial charge in [-0.3, -0.25) is 14.4 Å². The van der Waals surface area contributed by atoms with Crippen molar-refractivity contribution in [2.45, 2.75) is 25.9 Å². The maximum Gasteiger partial charge on any atom is 0.253 e. The first-order valence-electron chi connectivity index (χ1n) is 12.1. The summed E-state index contributed by atoms with van der Waals surface area (Å²) < 4.78 is 11.5. The van der Waals surface area contributed by atoms with Gasteiger partial charge in [0.15, 0.2) is 23.1 Å². The number of fused-ring (bicyclic) bond motifs is 1. The van der Waals surface area contributed by atoms with Crippen LogP contribution in [0.4, 0.5) is 0 Å². The first-order valence-corrected chi connectivity index (χ1v) is 12.1. The van der Waals surface area contributed by atoms with E-state index in [2.05, 4.69) is 0 Å². The highest BCUT2D eigenvalue weighted by molar-refractivity contribution is 6.41. The Morgan fingerprint density at radius 1 is 0.861 bits per heavy atom. The summed E-state index contributed by atoms with van der Waals surface area (Å²) in [5, 5.41) is 0. The van der Waals surface area contributed by atoms with E-state index in [9.17, 15) is 14.4 Å². The number of likely N-dealkylation sites (tertiary alicyclic amines) is 1. The molecule has 1 amide bonds. The topological polar surface area (TPSA) is 72.9 Å². The Bertz CT molecular complexity index is 1310. The molecular weight excluding hydrogens is 454 g/mol. The molecule has 0 aromatic heterocycles. The second-order valence-electron chi connectivity index (χ2n) is 9.01. The molecule has 182 valence electrons. The molecule has 1 aliphatic heterocycles. The summed E-state index contributed by atoms with van der Waals surface area (Å²) in [4.78, 5) is 39.9. The van der Waals surface area contributed by atoms with Gasteiger partial charge < -0.3 is 14.4 Å². The van der Waals surface area contributed by atoms with Crippen molar-refractivity contribution >= 4 is 23.5 Å². The van der Waals surface area contributed by atoms with Crippen LogP contribution in [0.25, 0.3) is 6.08 Å². The molecule has 1 saturated heterocycles. The summed E-state index contributed by atoms with van der Waals surface area (Å²) in [6.07, 6.45) is 4.91. The first-order chi connectivity index (χ1) is 17.5. The molecule has 0 spiro atoms. The van der Waals surface area contributed by atoms with Crippen molar-refractivity contribution in [1.29, 1.82) is 0 Å². The summed E-state index contributed by atoms with van der Waals surface area (Å²) in [7, 11) is 1.54. The number of allylic oxidation sites excluding steroid dienone is 1. The molecule has 0 unspecified atom stereocenters. The van der Waals surface area contributed by atoms with Crippen molar-refractivity contribution in [3.63, 3.8) is 0 Å². The Morgan fingerprint density at radius 3 is 2.17 bits per heavy atom. The molecule has 5 rings (SSSR count). The number of carbonyl (C=O) groups excluding carboxylic acids is 3. The number of hydrogen-bond acceptors (Lipinski definition) is 5. The molecule has 1 heterocycles. The van der Waals surface area contributed by atoms with Gasteiger partial charge in [0, 0.05) is 29.8 Å². The summed E-state index contributed by atoms with van der Waals surface area (Å²) in [5.41, 5.74) is 3.30.